The number of hydrogen-bond acceptors (Lipinski definition) is 7. The number of thioether (sulfide) groups is 1. The van der Waals surface area contributed by atoms with Gasteiger partial charge in [-0.3, -0.25) is 19.2 Å². The van der Waals surface area contributed by atoms with Gasteiger partial charge in [-0.25, -0.2) is 4.79 Å². The maximum Gasteiger partial charge on any atom is 0.334 e. The van der Waals surface area contributed by atoms with E-state index in [4.69, 9.17) is 4.74 Å². The molecule has 0 spiro atoms. The maximum absolute atomic E-state index is 13.7. The highest BCUT2D eigenvalue weighted by Crippen LogP contribution is 2.41. The number of β-lactam (4-membered cyclic amide) rings is 1. The Hall–Kier alpha value is -4.50. The predicted molar refractivity (Wildman–Crippen MR) is 144 cm³/mol. The molecule has 1 fully saturated rings. The molecule has 1 saturated heterocycles. The summed E-state index contributed by atoms with van der Waals surface area (Å²) in [5, 5.41) is 3.51. The summed E-state index contributed by atoms with van der Waals surface area (Å²) in [5.41, 5.74) is 2.06. The van der Waals surface area contributed by atoms with E-state index in [1.807, 2.05) is 91.0 Å². The minimum absolute atomic E-state index is 0.0913. The number of amides is 2. The number of ether oxygens (including phenoxy) is 1. The fourth-order valence-electron chi connectivity index (χ4n) is 4.67. The normalized spacial score (nSPS) is 19.8. The van der Waals surface area contributed by atoms with Crippen LogP contribution in [0.1, 0.15) is 22.8 Å². The minimum Gasteiger partial charge on any atom is -0.451 e. The van der Waals surface area contributed by atoms with Gasteiger partial charge in [-0.05, 0) is 22.1 Å². The van der Waals surface area contributed by atoms with E-state index in [2.05, 4.69) is 5.32 Å². The van der Waals surface area contributed by atoms with Crippen molar-refractivity contribution in [2.45, 2.75) is 30.0 Å². The quantitative estimate of drug-likeness (QED) is 0.192. The third-order valence-electron chi connectivity index (χ3n) is 6.56. The zero-order chi connectivity index (χ0) is 27.4. The molecule has 2 aliphatic heterocycles. The van der Waals surface area contributed by atoms with Gasteiger partial charge in [0, 0.05) is 5.57 Å². The Kier molecular flexibility index (Phi) is 7.69. The molecular formula is C30H24N2O6S. The summed E-state index contributed by atoms with van der Waals surface area (Å²) < 4.78 is 5.94. The molecule has 2 heterocycles. The Morgan fingerprint density at radius 2 is 1.46 bits per heavy atom. The average molecular weight is 541 g/mol. The lowest BCUT2D eigenvalue weighted by Gasteiger charge is -2.51. The predicted octanol–water partition coefficient (Wildman–Crippen LogP) is 2.98. The number of carbonyl (C=O) groups is 5. The zero-order valence-electron chi connectivity index (χ0n) is 20.6. The smallest absolute Gasteiger partial charge is 0.334 e. The fraction of sp³-hybridized carbons (Fsp3) is 0.167. The number of fused-ring (bicyclic) bond motifs is 1. The van der Waals surface area contributed by atoms with Crippen molar-refractivity contribution < 1.29 is 28.7 Å². The third-order valence-corrected chi connectivity index (χ3v) is 7.73. The largest absolute Gasteiger partial charge is 0.451 e. The van der Waals surface area contributed by atoms with E-state index in [-0.39, 0.29) is 24.2 Å². The van der Waals surface area contributed by atoms with Gasteiger partial charge in [0.05, 0.1) is 6.42 Å². The molecule has 3 atom stereocenters. The number of nitrogens with one attached hydrogen (secondary N) is 1. The highest BCUT2D eigenvalue weighted by molar-refractivity contribution is 8.03. The molecule has 39 heavy (non-hydrogen) atoms. The van der Waals surface area contributed by atoms with Crippen LogP contribution in [-0.2, 0) is 35.1 Å². The third kappa shape index (κ3) is 5.39. The molecule has 0 radical (unpaired) electrons. The summed E-state index contributed by atoms with van der Waals surface area (Å²) in [4.78, 5) is 64.6. The Balaban J connectivity index is 1.39. The monoisotopic (exact) mass is 540 g/mol. The van der Waals surface area contributed by atoms with Crippen molar-refractivity contribution in [2.24, 2.45) is 0 Å². The first-order chi connectivity index (χ1) is 19.0. The van der Waals surface area contributed by atoms with E-state index >= 15 is 0 Å². The molecule has 2 unspecified atom stereocenters. The molecule has 3 aromatic carbocycles. The molecule has 8 nitrogen and oxygen atoms in total. The lowest BCUT2D eigenvalue weighted by atomic mass is 9.95. The van der Waals surface area contributed by atoms with Gasteiger partial charge < -0.3 is 15.0 Å². The summed E-state index contributed by atoms with van der Waals surface area (Å²) >= 11 is 1.10. The average Bonchev–Trinajstić information content (AvgIpc) is 2.98. The Morgan fingerprint density at radius 1 is 0.897 bits per heavy atom. The van der Waals surface area contributed by atoms with Crippen LogP contribution >= 0.6 is 11.8 Å². The second kappa shape index (κ2) is 11.5. The lowest BCUT2D eigenvalue weighted by Crippen LogP contribution is -2.74. The molecule has 0 saturated carbocycles. The summed E-state index contributed by atoms with van der Waals surface area (Å²) in [5.74, 6) is -2.63. The Labute approximate surface area is 229 Å². The standard InChI is InChI=1S/C30H24N2O6S/c33-17-23(34)22-18-39-29-25(31-24(35)16-19-10-4-1-5-11-19)28(36)32(29)26(22)30(37)38-27(20-12-6-2-7-13-20)21-14-8-3-9-15-21/h1-15,17-18,25-27,29H,16H2,(H,31,35)/t25?,26?,29-/m1/s1. The van der Waals surface area contributed by atoms with Gasteiger partial charge >= 0.3 is 5.97 Å². The molecule has 196 valence electrons. The van der Waals surface area contributed by atoms with Gasteiger partial charge in [0.25, 0.3) is 0 Å². The first-order valence-electron chi connectivity index (χ1n) is 12.3. The SMILES string of the molecule is O=CC(=O)C1=CS[C@@H]2C(NC(=O)Cc3ccccc3)C(=O)N2C1C(=O)OC(c1ccccc1)c1ccccc1. The Morgan fingerprint density at radius 3 is 2.03 bits per heavy atom. The van der Waals surface area contributed by atoms with Crippen LogP contribution in [0.15, 0.2) is 102 Å². The van der Waals surface area contributed by atoms with Gasteiger partial charge in [-0.2, -0.15) is 0 Å². The number of aldehydes is 1. The fourth-order valence-corrected chi connectivity index (χ4v) is 5.90. The van der Waals surface area contributed by atoms with Crippen LogP contribution in [0, 0.1) is 0 Å². The molecule has 0 aromatic heterocycles. The number of rotatable bonds is 9. The molecule has 5 rings (SSSR count). The second-order valence-corrected chi connectivity index (χ2v) is 10.1. The van der Waals surface area contributed by atoms with Gasteiger partial charge in [-0.1, -0.05) is 91.0 Å². The van der Waals surface area contributed by atoms with E-state index in [1.54, 1.807) is 0 Å². The molecule has 2 aliphatic rings. The van der Waals surface area contributed by atoms with Gasteiger partial charge in [-0.15, -0.1) is 11.8 Å². The van der Waals surface area contributed by atoms with Crippen molar-refractivity contribution in [3.05, 3.63) is 119 Å². The number of nitrogens with zero attached hydrogens (tertiary/aromatic N) is 1. The molecular weight excluding hydrogens is 516 g/mol. The summed E-state index contributed by atoms with van der Waals surface area (Å²) in [6.07, 6.45) is -0.603. The van der Waals surface area contributed by atoms with Crippen LogP contribution < -0.4 is 5.32 Å². The lowest BCUT2D eigenvalue weighted by molar-refractivity contribution is -0.165. The molecule has 1 N–H and O–H groups in total. The van der Waals surface area contributed by atoms with Crippen molar-refractivity contribution in [1.82, 2.24) is 10.2 Å². The maximum atomic E-state index is 13.7. The summed E-state index contributed by atoms with van der Waals surface area (Å²) in [6, 6.07) is 25.0. The van der Waals surface area contributed by atoms with E-state index < -0.39 is 41.2 Å². The molecule has 0 bridgehead atoms. The summed E-state index contributed by atoms with van der Waals surface area (Å²) in [7, 11) is 0. The van der Waals surface area contributed by atoms with Crippen LogP contribution in [0.5, 0.6) is 0 Å². The topological polar surface area (TPSA) is 110 Å². The van der Waals surface area contributed by atoms with Crippen LogP contribution in [0.4, 0.5) is 0 Å². The molecule has 3 aromatic rings. The highest BCUT2D eigenvalue weighted by atomic mass is 32.2. The molecule has 9 heteroatoms. The van der Waals surface area contributed by atoms with Crippen LogP contribution in [0.25, 0.3) is 0 Å². The Bertz CT molecular complexity index is 1390. The van der Waals surface area contributed by atoms with Gasteiger partial charge in [0.15, 0.2) is 18.4 Å². The van der Waals surface area contributed by atoms with Crippen molar-refractivity contribution in [1.29, 1.82) is 0 Å². The van der Waals surface area contributed by atoms with E-state index in [0.29, 0.717) is 11.1 Å². The first-order valence-corrected chi connectivity index (χ1v) is 13.2. The van der Waals surface area contributed by atoms with E-state index in [9.17, 15) is 24.0 Å². The number of ketones is 1. The summed E-state index contributed by atoms with van der Waals surface area (Å²) in [6.45, 7) is 0. The number of esters is 1. The van der Waals surface area contributed by atoms with Crippen LogP contribution in [0.2, 0.25) is 0 Å². The highest BCUT2D eigenvalue weighted by Gasteiger charge is 2.57. The number of benzene rings is 3. The van der Waals surface area contributed by atoms with Gasteiger partial charge in [0.1, 0.15) is 11.4 Å². The van der Waals surface area contributed by atoms with Crippen molar-refractivity contribution in [2.75, 3.05) is 0 Å². The van der Waals surface area contributed by atoms with Crippen molar-refractivity contribution >= 4 is 41.6 Å². The van der Waals surface area contributed by atoms with Crippen molar-refractivity contribution in [3.63, 3.8) is 0 Å². The van der Waals surface area contributed by atoms with Gasteiger partial charge in [0.2, 0.25) is 17.6 Å². The van der Waals surface area contributed by atoms with E-state index in [1.165, 1.54) is 10.3 Å². The molecule has 2 amide bonds. The van der Waals surface area contributed by atoms with Crippen molar-refractivity contribution in [3.8, 4) is 0 Å². The van der Waals surface area contributed by atoms with E-state index in [0.717, 1.165) is 17.3 Å². The van der Waals surface area contributed by atoms with Crippen LogP contribution in [-0.4, -0.2) is 52.2 Å². The number of carbonyl (C=O) groups excluding carboxylic acids is 5. The van der Waals surface area contributed by atoms with Crippen LogP contribution in [0.3, 0.4) is 0 Å². The number of Topliss-reactive ketones (excluding diaryl/α,β-unsaturated/α-hetero) is 1. The first kappa shape index (κ1) is 26.1. The minimum atomic E-state index is -1.42. The number of hydrogen-bond donors (Lipinski definition) is 1. The zero-order valence-corrected chi connectivity index (χ0v) is 21.5. The molecule has 0 aliphatic carbocycles. The second-order valence-electron chi connectivity index (χ2n) is 9.08.